The lowest BCUT2D eigenvalue weighted by atomic mass is 10.1. The van der Waals surface area contributed by atoms with E-state index >= 15 is 0 Å². The van der Waals surface area contributed by atoms with Gasteiger partial charge in [0.1, 0.15) is 12.6 Å². The predicted octanol–water partition coefficient (Wildman–Crippen LogP) is 0.686. The Bertz CT molecular complexity index is 929. The van der Waals surface area contributed by atoms with Crippen LogP contribution in [0.3, 0.4) is 0 Å². The summed E-state index contributed by atoms with van der Waals surface area (Å²) in [4.78, 5) is 25.1. The zero-order valence-corrected chi connectivity index (χ0v) is 13.8. The van der Waals surface area contributed by atoms with Crippen LogP contribution in [0.15, 0.2) is 43.0 Å². The first kappa shape index (κ1) is 16.6. The largest absolute Gasteiger partial charge is 0.394 e. The zero-order chi connectivity index (χ0) is 18.1. The highest BCUT2D eigenvalue weighted by atomic mass is 16.5. The number of nitrogens with one attached hydrogen (secondary N) is 1. The van der Waals surface area contributed by atoms with Gasteiger partial charge in [-0.3, -0.25) is 9.36 Å². The van der Waals surface area contributed by atoms with Crippen LogP contribution in [0.25, 0.3) is 11.2 Å². The van der Waals surface area contributed by atoms with Crippen molar-refractivity contribution in [3.8, 4) is 0 Å². The third-order valence-electron chi connectivity index (χ3n) is 4.40. The summed E-state index contributed by atoms with van der Waals surface area (Å²) in [5.74, 6) is 0.0447. The van der Waals surface area contributed by atoms with Gasteiger partial charge in [0.15, 0.2) is 17.0 Å². The molecule has 9 nitrogen and oxygen atoms in total. The van der Waals surface area contributed by atoms with Crippen LogP contribution in [-0.4, -0.2) is 49.3 Å². The minimum atomic E-state index is -0.420. The maximum Gasteiger partial charge on any atom is 0.256 e. The number of imidazole rings is 1. The zero-order valence-electron chi connectivity index (χ0n) is 13.8. The highest BCUT2D eigenvalue weighted by molar-refractivity contribution is 6.06. The monoisotopic (exact) mass is 354 g/mol. The van der Waals surface area contributed by atoms with Gasteiger partial charge in [0, 0.05) is 18.0 Å². The normalized spacial score (nSPS) is 22.6. The first-order valence-corrected chi connectivity index (χ1v) is 8.23. The molecule has 1 amide bonds. The fourth-order valence-electron chi connectivity index (χ4n) is 3.02. The molecule has 1 saturated heterocycles. The smallest absolute Gasteiger partial charge is 0.256 e. The quantitative estimate of drug-likeness (QED) is 0.628. The van der Waals surface area contributed by atoms with Crippen LogP contribution in [0.1, 0.15) is 23.0 Å². The highest BCUT2D eigenvalue weighted by Gasteiger charge is 2.34. The van der Waals surface area contributed by atoms with Crippen molar-refractivity contribution in [2.24, 2.45) is 5.73 Å². The molecule has 0 radical (unpaired) electrons. The van der Waals surface area contributed by atoms with Crippen LogP contribution in [0.5, 0.6) is 0 Å². The van der Waals surface area contributed by atoms with Crippen molar-refractivity contribution in [2.45, 2.75) is 24.8 Å². The molecular weight excluding hydrogens is 336 g/mol. The lowest BCUT2D eigenvalue weighted by Gasteiger charge is -2.13. The second kappa shape index (κ2) is 6.79. The van der Waals surface area contributed by atoms with Gasteiger partial charge in [-0.05, 0) is 12.1 Å². The van der Waals surface area contributed by atoms with E-state index in [1.807, 2.05) is 6.07 Å². The van der Waals surface area contributed by atoms with Crippen LogP contribution in [0.4, 0.5) is 5.82 Å². The summed E-state index contributed by atoms with van der Waals surface area (Å²) in [6, 6.07) is 8.59. The summed E-state index contributed by atoms with van der Waals surface area (Å²) in [5, 5.41) is 12.1. The molecule has 3 aromatic rings. The fourth-order valence-corrected chi connectivity index (χ4v) is 3.02. The van der Waals surface area contributed by atoms with Gasteiger partial charge < -0.3 is 20.9 Å². The van der Waals surface area contributed by atoms with Crippen molar-refractivity contribution in [3.63, 3.8) is 0 Å². The Morgan fingerprint density at radius 2 is 2.12 bits per heavy atom. The molecule has 3 heterocycles. The number of benzene rings is 1. The van der Waals surface area contributed by atoms with Gasteiger partial charge in [0.2, 0.25) is 0 Å². The van der Waals surface area contributed by atoms with Gasteiger partial charge in [-0.25, -0.2) is 15.0 Å². The summed E-state index contributed by atoms with van der Waals surface area (Å²) in [7, 11) is 0. The van der Waals surface area contributed by atoms with Crippen molar-refractivity contribution in [1.82, 2.24) is 19.5 Å². The predicted molar refractivity (Wildman–Crippen MR) is 93.3 cm³/mol. The van der Waals surface area contributed by atoms with Gasteiger partial charge in [-0.2, -0.15) is 0 Å². The van der Waals surface area contributed by atoms with Gasteiger partial charge >= 0.3 is 0 Å². The molecule has 0 unspecified atom stereocenters. The Morgan fingerprint density at radius 3 is 2.85 bits per heavy atom. The Labute approximate surface area is 148 Å². The molecule has 26 heavy (non-hydrogen) atoms. The average Bonchev–Trinajstić information content (AvgIpc) is 3.26. The van der Waals surface area contributed by atoms with E-state index in [1.165, 1.54) is 6.33 Å². The summed E-state index contributed by atoms with van der Waals surface area (Å²) >= 11 is 0. The number of ether oxygens (including phenoxy) is 1. The summed E-state index contributed by atoms with van der Waals surface area (Å²) in [6.45, 7) is -0.141. The molecule has 0 bridgehead atoms. The van der Waals surface area contributed by atoms with Crippen molar-refractivity contribution in [3.05, 3.63) is 48.5 Å². The maximum atomic E-state index is 12.4. The number of anilines is 1. The number of aromatic nitrogens is 4. The van der Waals surface area contributed by atoms with Crippen LogP contribution < -0.4 is 11.1 Å². The number of hydrogen-bond donors (Lipinski definition) is 3. The van der Waals surface area contributed by atoms with E-state index in [0.29, 0.717) is 29.0 Å². The van der Waals surface area contributed by atoms with E-state index in [2.05, 4.69) is 20.3 Å². The topological polar surface area (TPSA) is 128 Å². The molecule has 9 heteroatoms. The van der Waals surface area contributed by atoms with Crippen LogP contribution in [0.2, 0.25) is 0 Å². The second-order valence-corrected chi connectivity index (χ2v) is 6.08. The van der Waals surface area contributed by atoms with Crippen molar-refractivity contribution < 1.29 is 14.6 Å². The number of carbonyl (C=O) groups is 1. The number of rotatable bonds is 4. The summed E-state index contributed by atoms with van der Waals surface area (Å²) < 4.78 is 7.51. The Balaban J connectivity index is 1.63. The molecule has 1 fully saturated rings. The number of nitrogens with two attached hydrogens (primary N) is 1. The third-order valence-corrected chi connectivity index (χ3v) is 4.40. The molecule has 0 aliphatic carbocycles. The lowest BCUT2D eigenvalue weighted by molar-refractivity contribution is -0.0233. The minimum Gasteiger partial charge on any atom is -0.394 e. The molecule has 1 aliphatic heterocycles. The van der Waals surface area contributed by atoms with Crippen molar-refractivity contribution >= 4 is 22.9 Å². The number of aliphatic hydroxyl groups excluding tert-OH is 1. The maximum absolute atomic E-state index is 12.4. The Morgan fingerprint density at radius 1 is 1.31 bits per heavy atom. The molecular formula is C17H18N6O3. The number of nitrogens with zero attached hydrogens (tertiary/aromatic N) is 4. The number of fused-ring (bicyclic) bond motifs is 1. The van der Waals surface area contributed by atoms with Gasteiger partial charge in [-0.15, -0.1) is 0 Å². The Kier molecular flexibility index (Phi) is 4.33. The SMILES string of the molecule is N[C@H]1C[C@H](n2cnc3c(NC(=O)c4ccccc4)ncnc32)O[C@@H]1CO. The molecule has 134 valence electrons. The number of hydrogen-bond acceptors (Lipinski definition) is 7. The van der Waals surface area contributed by atoms with Crippen molar-refractivity contribution in [2.75, 3.05) is 11.9 Å². The van der Waals surface area contributed by atoms with Crippen LogP contribution >= 0.6 is 0 Å². The van der Waals surface area contributed by atoms with E-state index in [9.17, 15) is 9.90 Å². The Hall–Kier alpha value is -2.88. The molecule has 0 spiro atoms. The molecule has 1 aromatic carbocycles. The molecule has 4 rings (SSSR count). The first-order chi connectivity index (χ1) is 12.7. The standard InChI is InChI=1S/C17H18N6O3/c18-11-6-13(26-12(11)7-24)23-9-21-14-15(19-8-20-16(14)23)22-17(25)10-4-2-1-3-5-10/h1-5,8-9,11-13,24H,6-7,18H2,(H,19,20,22,25)/t11-,12+,13+/m0/s1. The van der Waals surface area contributed by atoms with Crippen LogP contribution in [-0.2, 0) is 4.74 Å². The molecule has 4 N–H and O–H groups in total. The van der Waals surface area contributed by atoms with E-state index in [4.69, 9.17) is 10.5 Å². The highest BCUT2D eigenvalue weighted by Crippen LogP contribution is 2.30. The summed E-state index contributed by atoms with van der Waals surface area (Å²) in [5.41, 5.74) is 7.49. The van der Waals surface area contributed by atoms with Gasteiger partial charge in [-0.1, -0.05) is 18.2 Å². The number of aliphatic hydroxyl groups is 1. The average molecular weight is 354 g/mol. The molecule has 0 saturated carbocycles. The molecule has 2 aromatic heterocycles. The van der Waals surface area contributed by atoms with Crippen molar-refractivity contribution in [1.29, 1.82) is 0 Å². The molecule has 1 aliphatic rings. The third kappa shape index (κ3) is 2.92. The first-order valence-electron chi connectivity index (χ1n) is 8.23. The lowest BCUT2D eigenvalue weighted by Crippen LogP contribution is -2.32. The van der Waals surface area contributed by atoms with E-state index in [0.717, 1.165) is 0 Å². The van der Waals surface area contributed by atoms with Crippen LogP contribution in [0, 0.1) is 0 Å². The fraction of sp³-hybridized carbons (Fsp3) is 0.294. The molecule has 3 atom stereocenters. The van der Waals surface area contributed by atoms with E-state index < -0.39 is 6.10 Å². The van der Waals surface area contributed by atoms with E-state index in [-0.39, 0.29) is 24.8 Å². The second-order valence-electron chi connectivity index (χ2n) is 6.08. The number of amides is 1. The minimum absolute atomic E-state index is 0.141. The van der Waals surface area contributed by atoms with Gasteiger partial charge in [0.25, 0.3) is 5.91 Å². The number of carbonyl (C=O) groups excluding carboxylic acids is 1. The van der Waals surface area contributed by atoms with Gasteiger partial charge in [0.05, 0.1) is 19.0 Å². The summed E-state index contributed by atoms with van der Waals surface area (Å²) in [6.07, 6.45) is 2.68. The van der Waals surface area contributed by atoms with E-state index in [1.54, 1.807) is 35.2 Å².